The van der Waals surface area contributed by atoms with Crippen molar-refractivity contribution >= 4 is 11.6 Å². The lowest BCUT2D eigenvalue weighted by atomic mass is 10.2. The third kappa shape index (κ3) is 1.46. The first kappa shape index (κ1) is 7.51. The SMILES string of the molecule is C[C@@H](O)c1cnccc1Cl. The van der Waals surface area contributed by atoms with E-state index < -0.39 is 6.10 Å². The summed E-state index contributed by atoms with van der Waals surface area (Å²) in [6.07, 6.45) is 2.61. The van der Waals surface area contributed by atoms with Crippen molar-refractivity contribution in [2.24, 2.45) is 0 Å². The van der Waals surface area contributed by atoms with E-state index in [1.807, 2.05) is 0 Å². The Morgan fingerprint density at radius 2 is 2.40 bits per heavy atom. The minimum atomic E-state index is -0.541. The van der Waals surface area contributed by atoms with E-state index in [0.29, 0.717) is 10.6 Å². The van der Waals surface area contributed by atoms with Crippen LogP contribution in [0.4, 0.5) is 0 Å². The van der Waals surface area contributed by atoms with Crippen LogP contribution in [0.25, 0.3) is 0 Å². The smallest absolute Gasteiger partial charge is 0.0791 e. The Morgan fingerprint density at radius 1 is 1.70 bits per heavy atom. The summed E-state index contributed by atoms with van der Waals surface area (Å²) < 4.78 is 0. The number of aromatic nitrogens is 1. The molecule has 0 aliphatic rings. The minimum Gasteiger partial charge on any atom is -0.389 e. The van der Waals surface area contributed by atoms with E-state index in [1.54, 1.807) is 25.4 Å². The molecule has 3 heteroatoms. The Bertz CT molecular complexity index is 225. The maximum atomic E-state index is 9.08. The number of hydrogen-bond donors (Lipinski definition) is 1. The average Bonchev–Trinajstić information content (AvgIpc) is 1.88. The van der Waals surface area contributed by atoms with E-state index in [4.69, 9.17) is 16.7 Å². The lowest BCUT2D eigenvalue weighted by Crippen LogP contribution is -1.92. The first-order chi connectivity index (χ1) is 4.72. The van der Waals surface area contributed by atoms with Crippen LogP contribution in [0.3, 0.4) is 0 Å². The van der Waals surface area contributed by atoms with Crippen LogP contribution in [0.2, 0.25) is 5.02 Å². The fourth-order valence-electron chi connectivity index (χ4n) is 0.697. The molecule has 2 nitrogen and oxygen atoms in total. The van der Waals surface area contributed by atoms with Crippen molar-refractivity contribution < 1.29 is 5.11 Å². The van der Waals surface area contributed by atoms with Crippen LogP contribution >= 0.6 is 11.6 Å². The zero-order valence-corrected chi connectivity index (χ0v) is 6.34. The number of rotatable bonds is 1. The Balaban J connectivity index is 3.03. The minimum absolute atomic E-state index is 0.541. The third-order valence-corrected chi connectivity index (χ3v) is 1.59. The zero-order valence-electron chi connectivity index (χ0n) is 5.58. The van der Waals surface area contributed by atoms with Gasteiger partial charge in [-0.1, -0.05) is 11.6 Å². The predicted molar refractivity (Wildman–Crippen MR) is 39.9 cm³/mol. The number of aliphatic hydroxyl groups excluding tert-OH is 1. The molecule has 0 unspecified atom stereocenters. The van der Waals surface area contributed by atoms with Crippen LogP contribution in [0.5, 0.6) is 0 Å². The van der Waals surface area contributed by atoms with E-state index in [-0.39, 0.29) is 0 Å². The monoisotopic (exact) mass is 157 g/mol. The Morgan fingerprint density at radius 3 is 2.80 bits per heavy atom. The van der Waals surface area contributed by atoms with Gasteiger partial charge in [0.15, 0.2) is 0 Å². The third-order valence-electron chi connectivity index (χ3n) is 1.25. The van der Waals surface area contributed by atoms with Crippen molar-refractivity contribution in [3.05, 3.63) is 29.0 Å². The Labute approximate surface area is 64.5 Å². The quantitative estimate of drug-likeness (QED) is 0.674. The molecule has 0 radical (unpaired) electrons. The molecule has 10 heavy (non-hydrogen) atoms. The van der Waals surface area contributed by atoms with E-state index in [2.05, 4.69) is 4.98 Å². The van der Waals surface area contributed by atoms with Crippen LogP contribution in [0, 0.1) is 0 Å². The topological polar surface area (TPSA) is 33.1 Å². The molecule has 0 saturated heterocycles. The van der Waals surface area contributed by atoms with Gasteiger partial charge in [-0.05, 0) is 13.0 Å². The second-order valence-electron chi connectivity index (χ2n) is 2.07. The first-order valence-electron chi connectivity index (χ1n) is 2.99. The van der Waals surface area contributed by atoms with Crippen LogP contribution in [-0.4, -0.2) is 10.1 Å². The summed E-state index contributed by atoms with van der Waals surface area (Å²) in [6.45, 7) is 1.66. The fourth-order valence-corrected chi connectivity index (χ4v) is 0.960. The highest BCUT2D eigenvalue weighted by molar-refractivity contribution is 6.31. The number of pyridine rings is 1. The molecule has 1 aromatic heterocycles. The number of nitrogens with zero attached hydrogens (tertiary/aromatic N) is 1. The number of hydrogen-bond acceptors (Lipinski definition) is 2. The summed E-state index contributed by atoms with van der Waals surface area (Å²) in [7, 11) is 0. The maximum absolute atomic E-state index is 9.08. The molecule has 0 fully saturated rings. The van der Waals surface area contributed by atoms with Gasteiger partial charge in [-0.3, -0.25) is 4.98 Å². The van der Waals surface area contributed by atoms with Crippen molar-refractivity contribution in [2.45, 2.75) is 13.0 Å². The summed E-state index contributed by atoms with van der Waals surface area (Å²) in [5, 5.41) is 9.64. The van der Waals surface area contributed by atoms with Crippen molar-refractivity contribution in [1.82, 2.24) is 4.98 Å². The molecule has 0 spiro atoms. The van der Waals surface area contributed by atoms with Gasteiger partial charge in [0.25, 0.3) is 0 Å². The normalized spacial score (nSPS) is 13.1. The number of aliphatic hydroxyl groups is 1. The lowest BCUT2D eigenvalue weighted by molar-refractivity contribution is 0.199. The molecule has 0 aromatic carbocycles. The van der Waals surface area contributed by atoms with Crippen molar-refractivity contribution in [3.8, 4) is 0 Å². The van der Waals surface area contributed by atoms with E-state index in [0.717, 1.165) is 0 Å². The van der Waals surface area contributed by atoms with Crippen molar-refractivity contribution in [2.75, 3.05) is 0 Å². The van der Waals surface area contributed by atoms with Gasteiger partial charge in [-0.2, -0.15) is 0 Å². The van der Waals surface area contributed by atoms with Crippen LogP contribution in [0.1, 0.15) is 18.6 Å². The molecule has 0 aliphatic carbocycles. The molecule has 1 rings (SSSR count). The highest BCUT2D eigenvalue weighted by Gasteiger charge is 2.03. The average molecular weight is 158 g/mol. The van der Waals surface area contributed by atoms with Gasteiger partial charge in [-0.15, -0.1) is 0 Å². The molecule has 54 valence electrons. The predicted octanol–water partition coefficient (Wildman–Crippen LogP) is 1.79. The summed E-state index contributed by atoms with van der Waals surface area (Å²) in [5.41, 5.74) is 0.671. The molecule has 0 amide bonds. The Hall–Kier alpha value is -0.600. The molecule has 0 aliphatic heterocycles. The summed E-state index contributed by atoms with van der Waals surface area (Å²) in [6, 6.07) is 1.66. The maximum Gasteiger partial charge on any atom is 0.0791 e. The van der Waals surface area contributed by atoms with Crippen LogP contribution in [-0.2, 0) is 0 Å². The molecule has 1 heterocycles. The molecular weight excluding hydrogens is 150 g/mol. The van der Waals surface area contributed by atoms with E-state index in [9.17, 15) is 0 Å². The molecule has 1 aromatic rings. The number of halogens is 1. The summed E-state index contributed by atoms with van der Waals surface area (Å²) >= 11 is 5.72. The van der Waals surface area contributed by atoms with Gasteiger partial charge in [0, 0.05) is 23.0 Å². The first-order valence-corrected chi connectivity index (χ1v) is 3.37. The highest BCUT2D eigenvalue weighted by atomic mass is 35.5. The van der Waals surface area contributed by atoms with E-state index >= 15 is 0 Å². The summed E-state index contributed by atoms with van der Waals surface area (Å²) in [4.78, 5) is 3.82. The van der Waals surface area contributed by atoms with Gasteiger partial charge in [0.2, 0.25) is 0 Å². The fraction of sp³-hybridized carbons (Fsp3) is 0.286. The van der Waals surface area contributed by atoms with Crippen molar-refractivity contribution in [1.29, 1.82) is 0 Å². The Kier molecular flexibility index (Phi) is 2.25. The van der Waals surface area contributed by atoms with Crippen molar-refractivity contribution in [3.63, 3.8) is 0 Å². The molecule has 0 bridgehead atoms. The second kappa shape index (κ2) is 2.99. The summed E-state index contributed by atoms with van der Waals surface area (Å²) in [5.74, 6) is 0. The van der Waals surface area contributed by atoms with E-state index in [1.165, 1.54) is 0 Å². The van der Waals surface area contributed by atoms with Gasteiger partial charge in [0.05, 0.1) is 6.10 Å². The van der Waals surface area contributed by atoms with Gasteiger partial charge in [0.1, 0.15) is 0 Å². The van der Waals surface area contributed by atoms with Gasteiger partial charge in [-0.25, -0.2) is 0 Å². The van der Waals surface area contributed by atoms with Crippen LogP contribution in [0.15, 0.2) is 18.5 Å². The highest BCUT2D eigenvalue weighted by Crippen LogP contribution is 2.20. The largest absolute Gasteiger partial charge is 0.389 e. The zero-order chi connectivity index (χ0) is 7.56. The molecule has 1 atom stereocenters. The van der Waals surface area contributed by atoms with Crippen LogP contribution < -0.4 is 0 Å². The lowest BCUT2D eigenvalue weighted by Gasteiger charge is -2.04. The second-order valence-corrected chi connectivity index (χ2v) is 2.48. The molecule has 1 N–H and O–H groups in total. The van der Waals surface area contributed by atoms with Gasteiger partial charge < -0.3 is 5.11 Å². The standard InChI is InChI=1S/C7H8ClNO/c1-5(10)6-4-9-3-2-7(6)8/h2-5,10H,1H3/t5-/m1/s1. The molecule has 0 saturated carbocycles. The molecular formula is C7H8ClNO. The van der Waals surface area contributed by atoms with Gasteiger partial charge >= 0.3 is 0 Å².